The van der Waals surface area contributed by atoms with Crippen LogP contribution in [0.4, 0.5) is 0 Å². The standard InChI is InChI=1S/C23H21N5O2/c1-15-16(14-25-28(15)2)13-24-27-23(29)19-12-21(18-9-5-7-11-22(18)30-3)26-20-10-6-4-8-17(19)20/h4-14H,1-3H3,(H,27,29). The van der Waals surface area contributed by atoms with Crippen molar-refractivity contribution in [1.82, 2.24) is 20.2 Å². The molecule has 0 aliphatic carbocycles. The Morgan fingerprint density at radius 3 is 2.70 bits per heavy atom. The molecule has 0 bridgehead atoms. The number of hydrogen-bond donors (Lipinski definition) is 1. The van der Waals surface area contributed by atoms with Crippen LogP contribution in [0.1, 0.15) is 21.6 Å². The summed E-state index contributed by atoms with van der Waals surface area (Å²) in [6.07, 6.45) is 3.29. The SMILES string of the molecule is COc1ccccc1-c1cc(C(=O)NN=Cc2cnn(C)c2C)c2ccccc2n1. The lowest BCUT2D eigenvalue weighted by molar-refractivity contribution is 0.0956. The second-order valence-electron chi connectivity index (χ2n) is 6.78. The van der Waals surface area contributed by atoms with E-state index in [1.165, 1.54) is 0 Å². The molecule has 0 atom stereocenters. The van der Waals surface area contributed by atoms with Gasteiger partial charge >= 0.3 is 0 Å². The first-order valence-electron chi connectivity index (χ1n) is 9.43. The van der Waals surface area contributed by atoms with Crippen LogP contribution >= 0.6 is 0 Å². The van der Waals surface area contributed by atoms with Crippen LogP contribution in [0, 0.1) is 6.92 Å². The lowest BCUT2D eigenvalue weighted by atomic mass is 10.0. The fourth-order valence-corrected chi connectivity index (χ4v) is 3.22. The largest absolute Gasteiger partial charge is 0.496 e. The highest BCUT2D eigenvalue weighted by molar-refractivity contribution is 6.07. The maximum Gasteiger partial charge on any atom is 0.272 e. The van der Waals surface area contributed by atoms with E-state index < -0.39 is 0 Å². The van der Waals surface area contributed by atoms with Gasteiger partial charge in [0.2, 0.25) is 0 Å². The van der Waals surface area contributed by atoms with E-state index >= 15 is 0 Å². The molecular formula is C23H21N5O2. The molecule has 0 radical (unpaired) electrons. The molecule has 1 amide bonds. The number of rotatable bonds is 5. The van der Waals surface area contributed by atoms with Gasteiger partial charge in [0.25, 0.3) is 5.91 Å². The van der Waals surface area contributed by atoms with Gasteiger partial charge in [0, 0.05) is 29.3 Å². The van der Waals surface area contributed by atoms with Gasteiger partial charge in [-0.25, -0.2) is 10.4 Å². The minimum atomic E-state index is -0.317. The maximum absolute atomic E-state index is 13.0. The summed E-state index contributed by atoms with van der Waals surface area (Å²) < 4.78 is 7.22. The summed E-state index contributed by atoms with van der Waals surface area (Å²) >= 11 is 0. The minimum Gasteiger partial charge on any atom is -0.496 e. The first-order chi connectivity index (χ1) is 14.6. The van der Waals surface area contributed by atoms with Crippen LogP contribution in [-0.4, -0.2) is 34.0 Å². The molecule has 2 aromatic heterocycles. The van der Waals surface area contributed by atoms with Gasteiger partial charge in [0.05, 0.1) is 36.3 Å². The summed E-state index contributed by atoms with van der Waals surface area (Å²) in [6.45, 7) is 1.94. The van der Waals surface area contributed by atoms with Crippen LogP contribution in [0.15, 0.2) is 65.9 Å². The number of pyridine rings is 1. The van der Waals surface area contributed by atoms with Gasteiger partial charge in [-0.2, -0.15) is 10.2 Å². The molecular weight excluding hydrogens is 378 g/mol. The third-order valence-electron chi connectivity index (χ3n) is 4.99. The molecule has 150 valence electrons. The van der Waals surface area contributed by atoms with Crippen molar-refractivity contribution in [2.45, 2.75) is 6.92 Å². The van der Waals surface area contributed by atoms with Crippen LogP contribution in [-0.2, 0) is 7.05 Å². The second-order valence-corrected chi connectivity index (χ2v) is 6.78. The number of nitrogens with zero attached hydrogens (tertiary/aromatic N) is 4. The van der Waals surface area contributed by atoms with Crippen molar-refractivity contribution in [1.29, 1.82) is 0 Å². The number of hydrogen-bond acceptors (Lipinski definition) is 5. The normalized spacial score (nSPS) is 11.2. The first-order valence-corrected chi connectivity index (χ1v) is 9.43. The van der Waals surface area contributed by atoms with Gasteiger partial charge in [-0.05, 0) is 31.2 Å². The van der Waals surface area contributed by atoms with E-state index in [0.717, 1.165) is 27.7 Å². The summed E-state index contributed by atoms with van der Waals surface area (Å²) in [4.78, 5) is 17.7. The predicted octanol–water partition coefficient (Wildman–Crippen LogP) is 3.72. The molecule has 0 spiro atoms. The monoisotopic (exact) mass is 399 g/mol. The average Bonchev–Trinajstić information content (AvgIpc) is 3.10. The molecule has 0 unspecified atom stereocenters. The van der Waals surface area contributed by atoms with Crippen molar-refractivity contribution in [3.8, 4) is 17.0 Å². The smallest absolute Gasteiger partial charge is 0.272 e. The Kier molecular flexibility index (Phi) is 5.26. The lowest BCUT2D eigenvalue weighted by Gasteiger charge is -2.11. The van der Waals surface area contributed by atoms with Gasteiger partial charge in [0.1, 0.15) is 5.75 Å². The highest BCUT2D eigenvalue weighted by atomic mass is 16.5. The Balaban J connectivity index is 1.72. The summed E-state index contributed by atoms with van der Waals surface area (Å²) in [6, 6.07) is 16.9. The van der Waals surface area contributed by atoms with E-state index in [1.807, 2.05) is 62.5 Å². The number of nitrogens with one attached hydrogen (secondary N) is 1. The molecule has 7 nitrogen and oxygen atoms in total. The van der Waals surface area contributed by atoms with Gasteiger partial charge in [0.15, 0.2) is 0 Å². The number of aryl methyl sites for hydroxylation is 1. The second kappa shape index (κ2) is 8.16. The molecule has 0 aliphatic heterocycles. The van der Waals surface area contributed by atoms with Gasteiger partial charge < -0.3 is 4.74 Å². The number of fused-ring (bicyclic) bond motifs is 1. The zero-order valence-electron chi connectivity index (χ0n) is 17.0. The highest BCUT2D eigenvalue weighted by Gasteiger charge is 2.15. The molecule has 7 heteroatoms. The molecule has 2 heterocycles. The van der Waals surface area contributed by atoms with Crippen molar-refractivity contribution >= 4 is 23.0 Å². The molecule has 1 N–H and O–H groups in total. The van der Waals surface area contributed by atoms with Crippen LogP contribution in [0.2, 0.25) is 0 Å². The zero-order chi connectivity index (χ0) is 21.1. The van der Waals surface area contributed by atoms with Gasteiger partial charge in [-0.15, -0.1) is 0 Å². The summed E-state index contributed by atoms with van der Waals surface area (Å²) in [7, 11) is 3.47. The van der Waals surface area contributed by atoms with Crippen molar-refractivity contribution in [3.63, 3.8) is 0 Å². The van der Waals surface area contributed by atoms with Crippen molar-refractivity contribution in [2.24, 2.45) is 12.1 Å². The summed E-state index contributed by atoms with van der Waals surface area (Å²) in [5, 5.41) is 9.03. The van der Waals surface area contributed by atoms with Crippen LogP contribution in [0.25, 0.3) is 22.2 Å². The molecule has 4 rings (SSSR count). The molecule has 0 saturated heterocycles. The number of benzene rings is 2. The van der Waals surface area contributed by atoms with Gasteiger partial charge in [-0.1, -0.05) is 30.3 Å². The van der Waals surface area contributed by atoms with Gasteiger partial charge in [-0.3, -0.25) is 9.48 Å². The number of ether oxygens (including phenoxy) is 1. The number of hydrazone groups is 1. The summed E-state index contributed by atoms with van der Waals surface area (Å²) in [5.74, 6) is 0.374. The Hall–Kier alpha value is -4.00. The van der Waals surface area contributed by atoms with Crippen LogP contribution in [0.5, 0.6) is 5.75 Å². The Morgan fingerprint density at radius 1 is 1.17 bits per heavy atom. The third-order valence-corrected chi connectivity index (χ3v) is 4.99. The third kappa shape index (κ3) is 3.65. The number of methoxy groups -OCH3 is 1. The van der Waals surface area contributed by atoms with E-state index in [-0.39, 0.29) is 5.91 Å². The predicted molar refractivity (Wildman–Crippen MR) is 117 cm³/mol. The van der Waals surface area contributed by atoms with Crippen molar-refractivity contribution in [2.75, 3.05) is 7.11 Å². The van der Waals surface area contributed by atoms with Crippen LogP contribution in [0.3, 0.4) is 0 Å². The fourth-order valence-electron chi connectivity index (χ4n) is 3.22. The Bertz CT molecular complexity index is 1260. The molecule has 0 saturated carbocycles. The van der Waals surface area contributed by atoms with Crippen molar-refractivity contribution in [3.05, 3.63) is 77.6 Å². The Morgan fingerprint density at radius 2 is 1.93 bits per heavy atom. The van der Waals surface area contributed by atoms with E-state index in [2.05, 4.69) is 15.6 Å². The minimum absolute atomic E-state index is 0.317. The average molecular weight is 399 g/mol. The summed E-state index contributed by atoms with van der Waals surface area (Å²) in [5.41, 5.74) is 7.09. The molecule has 2 aromatic carbocycles. The number of aromatic nitrogens is 3. The van der Waals surface area contributed by atoms with E-state index in [4.69, 9.17) is 9.72 Å². The quantitative estimate of drug-likeness (QED) is 0.410. The fraction of sp³-hybridized carbons (Fsp3) is 0.130. The topological polar surface area (TPSA) is 81.4 Å². The number of carbonyl (C=O) groups excluding carboxylic acids is 1. The number of carbonyl (C=O) groups is 1. The molecule has 4 aromatic rings. The number of amides is 1. The van der Waals surface area contributed by atoms with E-state index in [0.29, 0.717) is 17.0 Å². The van der Waals surface area contributed by atoms with E-state index in [1.54, 1.807) is 30.3 Å². The zero-order valence-corrected chi connectivity index (χ0v) is 17.0. The van der Waals surface area contributed by atoms with Crippen LogP contribution < -0.4 is 10.2 Å². The van der Waals surface area contributed by atoms with E-state index in [9.17, 15) is 4.79 Å². The maximum atomic E-state index is 13.0. The van der Waals surface area contributed by atoms with Crippen molar-refractivity contribution < 1.29 is 9.53 Å². The molecule has 0 fully saturated rings. The Labute approximate surface area is 174 Å². The molecule has 30 heavy (non-hydrogen) atoms. The first kappa shape index (κ1) is 19.3. The number of para-hydroxylation sites is 2. The molecule has 0 aliphatic rings. The highest BCUT2D eigenvalue weighted by Crippen LogP contribution is 2.31. The lowest BCUT2D eigenvalue weighted by Crippen LogP contribution is -2.18.